The molecule has 0 aliphatic rings. The molecule has 0 heterocycles. The number of aliphatic hydroxyl groups is 1. The summed E-state index contributed by atoms with van der Waals surface area (Å²) in [5.41, 5.74) is 0.285. The summed E-state index contributed by atoms with van der Waals surface area (Å²) < 4.78 is 0. The van der Waals surface area contributed by atoms with Crippen molar-refractivity contribution in [2.75, 3.05) is 6.61 Å². The second-order valence-electron chi connectivity index (χ2n) is 3.34. The van der Waals surface area contributed by atoms with E-state index < -0.39 is 5.31 Å². The number of Topliss-reactive ketones (excluding diaryl/α,β-unsaturated/α-hetero) is 1. The normalized spacial score (nSPS) is 11.1. The van der Waals surface area contributed by atoms with E-state index in [9.17, 15) is 4.79 Å². The first-order valence-corrected chi connectivity index (χ1v) is 3.23. The van der Waals surface area contributed by atoms with Crippen LogP contribution in [0.5, 0.6) is 0 Å². The molecule has 0 rings (SSSR count). The smallest absolute Gasteiger partial charge is 0.158 e. The molecule has 0 bridgehead atoms. The highest BCUT2D eigenvalue weighted by Crippen LogP contribution is 2.22. The van der Waals surface area contributed by atoms with Crippen molar-refractivity contribution < 1.29 is 9.90 Å². The van der Waals surface area contributed by atoms with Crippen LogP contribution in [0.25, 0.3) is 0 Å². The molecule has 0 spiro atoms. The Balaban J connectivity index is 4.24. The van der Waals surface area contributed by atoms with Gasteiger partial charge in [0.1, 0.15) is 7.85 Å². The molecular formula is C7H13BO2. The van der Waals surface area contributed by atoms with Crippen LogP contribution < -0.4 is 0 Å². The van der Waals surface area contributed by atoms with Crippen LogP contribution in [0.2, 0.25) is 5.31 Å². The lowest BCUT2D eigenvalue weighted by atomic mass is 9.68. The van der Waals surface area contributed by atoms with Gasteiger partial charge in [-0.15, -0.1) is 0 Å². The molecule has 0 aromatic rings. The molecule has 0 saturated heterocycles. The fraction of sp³-hybridized carbons (Fsp3) is 0.571. The minimum atomic E-state index is -0.417. The molecule has 3 heteroatoms. The maximum atomic E-state index is 11.1. The Kier molecular flexibility index (Phi) is 2.85. The molecule has 10 heavy (non-hydrogen) atoms. The van der Waals surface area contributed by atoms with Crippen molar-refractivity contribution in [3.63, 3.8) is 0 Å². The molecule has 1 N–H and O–H groups in total. The number of carbonyl (C=O) groups is 1. The second-order valence-corrected chi connectivity index (χ2v) is 3.34. The Labute approximate surface area is 62.3 Å². The van der Waals surface area contributed by atoms with Crippen molar-refractivity contribution in [2.45, 2.75) is 19.2 Å². The molecule has 0 aliphatic carbocycles. The highest BCUT2D eigenvalue weighted by atomic mass is 16.3. The molecule has 0 atom stereocenters. The van der Waals surface area contributed by atoms with Gasteiger partial charge >= 0.3 is 0 Å². The summed E-state index contributed by atoms with van der Waals surface area (Å²) in [5, 5.41) is 8.13. The fourth-order valence-corrected chi connectivity index (χ4v) is 0.602. The predicted molar refractivity (Wildman–Crippen MR) is 43.8 cm³/mol. The summed E-state index contributed by atoms with van der Waals surface area (Å²) in [5.74, 6) is -0.0741. The summed E-state index contributed by atoms with van der Waals surface area (Å²) >= 11 is 0. The Bertz CT molecular complexity index is 155. The third-order valence-corrected chi connectivity index (χ3v) is 1.19. The number of carbonyl (C=O) groups excluding carboxylic acids is 1. The topological polar surface area (TPSA) is 37.3 Å². The van der Waals surface area contributed by atoms with Crippen molar-refractivity contribution in [2.24, 2.45) is 0 Å². The zero-order valence-corrected chi connectivity index (χ0v) is 6.77. The van der Waals surface area contributed by atoms with E-state index in [1.54, 1.807) is 21.7 Å². The first kappa shape index (κ1) is 9.43. The van der Waals surface area contributed by atoms with Gasteiger partial charge in [-0.1, -0.05) is 20.4 Å². The van der Waals surface area contributed by atoms with E-state index in [1.165, 1.54) is 0 Å². The molecule has 0 saturated carbocycles. The molecule has 0 aromatic heterocycles. The number of hydrogen-bond acceptors (Lipinski definition) is 2. The monoisotopic (exact) mass is 140 g/mol. The standard InChI is InChI=1S/C7H13BO2/c1-5(4-9)6(10)7(2,3)8/h9H,1,4,8H2,2-3H3. The molecule has 56 valence electrons. The van der Waals surface area contributed by atoms with Gasteiger partial charge in [0.25, 0.3) is 0 Å². The van der Waals surface area contributed by atoms with Crippen molar-refractivity contribution in [1.29, 1.82) is 0 Å². The molecular weight excluding hydrogens is 127 g/mol. The lowest BCUT2D eigenvalue weighted by Gasteiger charge is -2.16. The van der Waals surface area contributed by atoms with E-state index in [1.807, 2.05) is 0 Å². The van der Waals surface area contributed by atoms with Gasteiger partial charge in [0.15, 0.2) is 5.78 Å². The van der Waals surface area contributed by atoms with E-state index in [2.05, 4.69) is 6.58 Å². The van der Waals surface area contributed by atoms with Gasteiger partial charge in [0.2, 0.25) is 0 Å². The van der Waals surface area contributed by atoms with Crippen LogP contribution in [0, 0.1) is 0 Å². The lowest BCUT2D eigenvalue weighted by molar-refractivity contribution is -0.117. The SMILES string of the molecule is BC(C)(C)C(=O)C(=C)CO. The predicted octanol–water partition coefficient (Wildman–Crippen LogP) is -0.0644. The summed E-state index contributed by atoms with van der Waals surface area (Å²) in [6.45, 7) is 6.80. The first-order chi connectivity index (χ1) is 4.39. The highest BCUT2D eigenvalue weighted by Gasteiger charge is 2.22. The van der Waals surface area contributed by atoms with Gasteiger partial charge in [-0.3, -0.25) is 4.79 Å². The van der Waals surface area contributed by atoms with E-state index in [0.29, 0.717) is 0 Å². The summed E-state index contributed by atoms with van der Waals surface area (Å²) in [6.07, 6.45) is 0. The van der Waals surface area contributed by atoms with Gasteiger partial charge in [-0.2, -0.15) is 0 Å². The minimum Gasteiger partial charge on any atom is -0.392 e. The Morgan fingerprint density at radius 2 is 2.10 bits per heavy atom. The number of aliphatic hydroxyl groups excluding tert-OH is 1. The van der Waals surface area contributed by atoms with Crippen LogP contribution in [-0.4, -0.2) is 25.3 Å². The number of ketones is 1. The van der Waals surface area contributed by atoms with E-state index in [4.69, 9.17) is 5.11 Å². The third-order valence-electron chi connectivity index (χ3n) is 1.19. The van der Waals surface area contributed by atoms with Crippen LogP contribution >= 0.6 is 0 Å². The molecule has 0 unspecified atom stereocenters. The zero-order chi connectivity index (χ0) is 8.36. The van der Waals surface area contributed by atoms with Crippen molar-refractivity contribution in [3.05, 3.63) is 12.2 Å². The maximum Gasteiger partial charge on any atom is 0.158 e. The van der Waals surface area contributed by atoms with Gasteiger partial charge in [-0.25, -0.2) is 0 Å². The van der Waals surface area contributed by atoms with Crippen LogP contribution in [0.4, 0.5) is 0 Å². The second kappa shape index (κ2) is 3.02. The maximum absolute atomic E-state index is 11.1. The van der Waals surface area contributed by atoms with Gasteiger partial charge < -0.3 is 5.11 Å². The minimum absolute atomic E-state index is 0.0741. The van der Waals surface area contributed by atoms with Gasteiger partial charge in [0.05, 0.1) is 6.61 Å². The van der Waals surface area contributed by atoms with Crippen LogP contribution in [-0.2, 0) is 4.79 Å². The van der Waals surface area contributed by atoms with Gasteiger partial charge in [0, 0.05) is 5.57 Å². The van der Waals surface area contributed by atoms with Crippen molar-refractivity contribution >= 4 is 13.6 Å². The van der Waals surface area contributed by atoms with E-state index >= 15 is 0 Å². The first-order valence-electron chi connectivity index (χ1n) is 3.23. The third kappa shape index (κ3) is 2.35. The highest BCUT2D eigenvalue weighted by molar-refractivity contribution is 6.31. The molecule has 0 amide bonds. The van der Waals surface area contributed by atoms with Crippen LogP contribution in [0.3, 0.4) is 0 Å². The lowest BCUT2D eigenvalue weighted by Crippen LogP contribution is -2.20. The quantitative estimate of drug-likeness (QED) is 0.440. The molecule has 0 fully saturated rings. The average molecular weight is 140 g/mol. The van der Waals surface area contributed by atoms with Crippen molar-refractivity contribution in [3.8, 4) is 0 Å². The zero-order valence-electron chi connectivity index (χ0n) is 6.77. The number of hydrogen-bond donors (Lipinski definition) is 1. The summed E-state index contributed by atoms with van der Waals surface area (Å²) in [7, 11) is 1.80. The Morgan fingerprint density at radius 3 is 2.20 bits per heavy atom. The van der Waals surface area contributed by atoms with E-state index in [0.717, 1.165) is 0 Å². The average Bonchev–Trinajstić information content (AvgIpc) is 1.83. The molecule has 0 radical (unpaired) electrons. The largest absolute Gasteiger partial charge is 0.392 e. The fourth-order valence-electron chi connectivity index (χ4n) is 0.602. The Hall–Kier alpha value is -0.565. The molecule has 0 aliphatic heterocycles. The summed E-state index contributed by atoms with van der Waals surface area (Å²) in [4.78, 5) is 11.1. The van der Waals surface area contributed by atoms with E-state index in [-0.39, 0.29) is 18.0 Å². The number of rotatable bonds is 3. The molecule has 0 aromatic carbocycles. The summed E-state index contributed by atoms with van der Waals surface area (Å²) in [6, 6.07) is 0. The van der Waals surface area contributed by atoms with Gasteiger partial charge in [-0.05, 0) is 5.31 Å². The Morgan fingerprint density at radius 1 is 1.70 bits per heavy atom. The molecule has 2 nitrogen and oxygen atoms in total. The van der Waals surface area contributed by atoms with Crippen LogP contribution in [0.1, 0.15) is 13.8 Å². The van der Waals surface area contributed by atoms with Crippen molar-refractivity contribution in [1.82, 2.24) is 0 Å². The van der Waals surface area contributed by atoms with Crippen LogP contribution in [0.15, 0.2) is 12.2 Å².